The lowest BCUT2D eigenvalue weighted by molar-refractivity contribution is 0.0109. The molecule has 30 heavy (non-hydrogen) atoms. The van der Waals surface area contributed by atoms with E-state index in [1.54, 1.807) is 51.1 Å². The van der Waals surface area contributed by atoms with Crippen molar-refractivity contribution in [3.8, 4) is 5.88 Å². The SMILES string of the molecule is CC(C)(C)OC(=O)N1CCC(c2cccc(OCc3ccc(Cl)cc3F)n2)C(F)C1. The Hall–Kier alpha value is -2.41. The fourth-order valence-corrected chi connectivity index (χ4v) is 3.40. The van der Waals surface area contributed by atoms with E-state index in [0.717, 1.165) is 0 Å². The molecule has 1 aliphatic rings. The first kappa shape index (κ1) is 22.3. The second kappa shape index (κ2) is 9.16. The molecule has 8 heteroatoms. The topological polar surface area (TPSA) is 51.7 Å². The van der Waals surface area contributed by atoms with Gasteiger partial charge in [0, 0.05) is 29.1 Å². The molecule has 1 fully saturated rings. The number of rotatable bonds is 4. The minimum Gasteiger partial charge on any atom is -0.473 e. The van der Waals surface area contributed by atoms with E-state index in [4.69, 9.17) is 21.1 Å². The zero-order valence-corrected chi connectivity index (χ0v) is 18.0. The van der Waals surface area contributed by atoms with Gasteiger partial charge >= 0.3 is 6.09 Å². The molecule has 3 rings (SSSR count). The molecule has 162 valence electrons. The number of hydrogen-bond acceptors (Lipinski definition) is 4. The number of carbonyl (C=O) groups excluding carboxylic acids is 1. The van der Waals surface area contributed by atoms with Gasteiger partial charge in [0.25, 0.3) is 0 Å². The second-order valence-corrected chi connectivity index (χ2v) is 8.70. The lowest BCUT2D eigenvalue weighted by Gasteiger charge is -2.35. The lowest BCUT2D eigenvalue weighted by atomic mass is 9.91. The monoisotopic (exact) mass is 438 g/mol. The Morgan fingerprint density at radius 3 is 2.73 bits per heavy atom. The highest BCUT2D eigenvalue weighted by Gasteiger charge is 2.35. The van der Waals surface area contributed by atoms with E-state index >= 15 is 0 Å². The minimum absolute atomic E-state index is 0.0183. The van der Waals surface area contributed by atoms with Crippen LogP contribution in [0.2, 0.25) is 5.02 Å². The van der Waals surface area contributed by atoms with Crippen LogP contribution in [0.15, 0.2) is 36.4 Å². The maximum atomic E-state index is 14.9. The molecule has 0 N–H and O–H groups in total. The fourth-order valence-electron chi connectivity index (χ4n) is 3.24. The Bertz CT molecular complexity index is 904. The lowest BCUT2D eigenvalue weighted by Crippen LogP contribution is -2.46. The predicted molar refractivity (Wildman–Crippen MR) is 110 cm³/mol. The first-order chi connectivity index (χ1) is 14.1. The first-order valence-electron chi connectivity index (χ1n) is 9.78. The standard InChI is InChI=1S/C22H25ClF2N2O3/c1-22(2,3)30-21(28)27-10-9-16(18(25)12-27)19-5-4-6-20(26-19)29-13-14-7-8-15(23)11-17(14)24/h4-8,11,16,18H,9-10,12-13H2,1-3H3. The third-order valence-electron chi connectivity index (χ3n) is 4.71. The van der Waals surface area contributed by atoms with Crippen LogP contribution >= 0.6 is 11.6 Å². The summed E-state index contributed by atoms with van der Waals surface area (Å²) in [5, 5.41) is 0.308. The Kier molecular flexibility index (Phi) is 6.81. The van der Waals surface area contributed by atoms with Crippen molar-refractivity contribution < 1.29 is 23.0 Å². The summed E-state index contributed by atoms with van der Waals surface area (Å²) in [6, 6.07) is 9.44. The van der Waals surface area contributed by atoms with E-state index in [1.807, 2.05) is 0 Å². The molecule has 2 aromatic rings. The molecule has 1 aromatic heterocycles. The number of ether oxygens (including phenoxy) is 2. The highest BCUT2D eigenvalue weighted by atomic mass is 35.5. The number of benzene rings is 1. The van der Waals surface area contributed by atoms with Crippen molar-refractivity contribution in [1.82, 2.24) is 9.88 Å². The van der Waals surface area contributed by atoms with E-state index in [1.165, 1.54) is 11.0 Å². The van der Waals surface area contributed by atoms with Gasteiger partial charge in [0.05, 0.1) is 12.2 Å². The largest absolute Gasteiger partial charge is 0.473 e. The van der Waals surface area contributed by atoms with Crippen LogP contribution in [0, 0.1) is 5.82 Å². The zero-order valence-electron chi connectivity index (χ0n) is 17.2. The summed E-state index contributed by atoms with van der Waals surface area (Å²) >= 11 is 5.75. The molecule has 2 atom stereocenters. The highest BCUT2D eigenvalue weighted by Crippen LogP contribution is 2.31. The van der Waals surface area contributed by atoms with Crippen LogP contribution in [0.3, 0.4) is 0 Å². The molecule has 2 unspecified atom stereocenters. The van der Waals surface area contributed by atoms with Crippen molar-refractivity contribution in [2.45, 2.75) is 51.5 Å². The molecule has 1 aromatic carbocycles. The Labute approximate surface area is 179 Å². The number of halogens is 3. The number of likely N-dealkylation sites (tertiary alicyclic amines) is 1. The summed E-state index contributed by atoms with van der Waals surface area (Å²) in [6.07, 6.45) is -1.37. The molecular formula is C22H25ClF2N2O3. The van der Waals surface area contributed by atoms with E-state index < -0.39 is 29.6 Å². The molecule has 2 heterocycles. The number of amides is 1. The van der Waals surface area contributed by atoms with Gasteiger partial charge in [-0.15, -0.1) is 0 Å². The average Bonchev–Trinajstić information content (AvgIpc) is 2.66. The molecule has 5 nitrogen and oxygen atoms in total. The maximum Gasteiger partial charge on any atom is 0.410 e. The predicted octanol–water partition coefficient (Wildman–Crippen LogP) is 5.52. The average molecular weight is 439 g/mol. The summed E-state index contributed by atoms with van der Waals surface area (Å²) in [7, 11) is 0. The summed E-state index contributed by atoms with van der Waals surface area (Å²) in [4.78, 5) is 18.0. The van der Waals surface area contributed by atoms with E-state index in [2.05, 4.69) is 4.98 Å². The smallest absolute Gasteiger partial charge is 0.410 e. The van der Waals surface area contributed by atoms with Crippen molar-refractivity contribution in [3.05, 3.63) is 58.5 Å². The number of alkyl halides is 1. The van der Waals surface area contributed by atoms with Crippen LogP contribution < -0.4 is 4.74 Å². The van der Waals surface area contributed by atoms with Crippen LogP contribution in [-0.4, -0.2) is 40.8 Å². The summed E-state index contributed by atoms with van der Waals surface area (Å²) in [5.74, 6) is -0.639. The summed E-state index contributed by atoms with van der Waals surface area (Å²) < 4.78 is 39.7. The Morgan fingerprint density at radius 2 is 2.07 bits per heavy atom. The molecule has 1 saturated heterocycles. The van der Waals surface area contributed by atoms with Crippen LogP contribution in [0.25, 0.3) is 0 Å². The van der Waals surface area contributed by atoms with Gasteiger partial charge in [0.15, 0.2) is 0 Å². The van der Waals surface area contributed by atoms with Crippen molar-refractivity contribution in [1.29, 1.82) is 0 Å². The highest BCUT2D eigenvalue weighted by molar-refractivity contribution is 6.30. The summed E-state index contributed by atoms with van der Waals surface area (Å²) in [6.45, 7) is 5.63. The molecule has 0 aliphatic carbocycles. The van der Waals surface area contributed by atoms with Gasteiger partial charge in [-0.25, -0.2) is 18.6 Å². The molecule has 0 saturated carbocycles. The fraction of sp³-hybridized carbons (Fsp3) is 0.455. The van der Waals surface area contributed by atoms with E-state index in [9.17, 15) is 13.6 Å². The van der Waals surface area contributed by atoms with Crippen LogP contribution in [0.4, 0.5) is 13.6 Å². The minimum atomic E-state index is -1.28. The molecule has 1 amide bonds. The third-order valence-corrected chi connectivity index (χ3v) is 4.94. The van der Waals surface area contributed by atoms with Gasteiger partial charge < -0.3 is 14.4 Å². The van der Waals surface area contributed by atoms with Gasteiger partial charge in [-0.05, 0) is 45.4 Å². The zero-order chi connectivity index (χ0) is 21.9. The number of nitrogens with zero attached hydrogens (tertiary/aromatic N) is 2. The number of aromatic nitrogens is 1. The van der Waals surface area contributed by atoms with Crippen molar-refractivity contribution in [2.24, 2.45) is 0 Å². The number of piperidine rings is 1. The number of carbonyl (C=O) groups is 1. The van der Waals surface area contributed by atoms with Gasteiger partial charge in [-0.3, -0.25) is 0 Å². The van der Waals surface area contributed by atoms with E-state index in [0.29, 0.717) is 29.2 Å². The number of hydrogen-bond donors (Lipinski definition) is 0. The number of pyridine rings is 1. The molecule has 0 radical (unpaired) electrons. The van der Waals surface area contributed by atoms with E-state index in [-0.39, 0.29) is 19.0 Å². The normalized spacial score (nSPS) is 19.5. The van der Waals surface area contributed by atoms with Crippen molar-refractivity contribution >= 4 is 17.7 Å². The molecular weight excluding hydrogens is 414 g/mol. The van der Waals surface area contributed by atoms with Gasteiger partial charge in [-0.1, -0.05) is 23.7 Å². The Balaban J connectivity index is 1.62. The van der Waals surface area contributed by atoms with Crippen molar-refractivity contribution in [2.75, 3.05) is 13.1 Å². The van der Waals surface area contributed by atoms with Crippen LogP contribution in [-0.2, 0) is 11.3 Å². The molecule has 0 bridgehead atoms. The van der Waals surface area contributed by atoms with Crippen LogP contribution in [0.5, 0.6) is 5.88 Å². The summed E-state index contributed by atoms with van der Waals surface area (Å²) in [5.41, 5.74) is 0.261. The van der Waals surface area contributed by atoms with Gasteiger partial charge in [0.1, 0.15) is 24.2 Å². The van der Waals surface area contributed by atoms with Crippen LogP contribution in [0.1, 0.15) is 44.4 Å². The quantitative estimate of drug-likeness (QED) is 0.631. The van der Waals surface area contributed by atoms with Crippen molar-refractivity contribution in [3.63, 3.8) is 0 Å². The molecule has 0 spiro atoms. The maximum absolute atomic E-state index is 14.9. The molecule has 1 aliphatic heterocycles. The van der Waals surface area contributed by atoms with Gasteiger partial charge in [0.2, 0.25) is 5.88 Å². The second-order valence-electron chi connectivity index (χ2n) is 8.26. The first-order valence-corrected chi connectivity index (χ1v) is 10.2. The Morgan fingerprint density at radius 1 is 1.30 bits per heavy atom. The third kappa shape index (κ3) is 5.81. The van der Waals surface area contributed by atoms with Gasteiger partial charge in [-0.2, -0.15) is 0 Å².